The molecule has 3 unspecified atom stereocenters. The standard InChI is InChI=1S/C28H43N3O4/c1-8-11-17-29-25(32)24(21-14-12-13-20(10-3)18-21)31(22-15-16-22)26(33)23(19(4)9-2)30-27(34)35-28(5,6)7/h10,12-14,18-19,22-24H,3,8-9,11,15-17H2,1-2,4-7H3,(H,29,32)(H,30,34). The molecule has 0 aromatic heterocycles. The summed E-state index contributed by atoms with van der Waals surface area (Å²) >= 11 is 0. The highest BCUT2D eigenvalue weighted by molar-refractivity contribution is 5.92. The van der Waals surface area contributed by atoms with Gasteiger partial charge in [-0.15, -0.1) is 0 Å². The molecular formula is C28H43N3O4. The molecule has 1 aromatic carbocycles. The van der Waals surface area contributed by atoms with Crippen LogP contribution in [0.15, 0.2) is 30.8 Å². The molecule has 3 atom stereocenters. The summed E-state index contributed by atoms with van der Waals surface area (Å²) in [7, 11) is 0. The minimum atomic E-state index is -0.802. The maximum atomic E-state index is 14.1. The highest BCUT2D eigenvalue weighted by Gasteiger charge is 2.45. The summed E-state index contributed by atoms with van der Waals surface area (Å²) in [6.07, 6.45) is 5.24. The third kappa shape index (κ3) is 8.41. The van der Waals surface area contributed by atoms with Gasteiger partial charge < -0.3 is 20.3 Å². The fraction of sp³-hybridized carbons (Fsp3) is 0.607. The van der Waals surface area contributed by atoms with Crippen molar-refractivity contribution in [2.45, 2.75) is 97.4 Å². The van der Waals surface area contributed by atoms with Gasteiger partial charge in [0, 0.05) is 12.6 Å². The lowest BCUT2D eigenvalue weighted by Crippen LogP contribution is -2.55. The van der Waals surface area contributed by atoms with Gasteiger partial charge in [0.2, 0.25) is 11.8 Å². The largest absolute Gasteiger partial charge is 0.444 e. The summed E-state index contributed by atoms with van der Waals surface area (Å²) in [6.45, 7) is 15.7. The number of unbranched alkanes of at least 4 members (excludes halogenated alkanes) is 1. The fourth-order valence-electron chi connectivity index (χ4n) is 3.93. The zero-order valence-electron chi connectivity index (χ0n) is 22.2. The number of rotatable bonds is 12. The molecule has 1 fully saturated rings. The van der Waals surface area contributed by atoms with Gasteiger partial charge in [-0.1, -0.05) is 64.5 Å². The van der Waals surface area contributed by atoms with Gasteiger partial charge in [0.25, 0.3) is 0 Å². The lowest BCUT2D eigenvalue weighted by Gasteiger charge is -2.36. The first-order valence-electron chi connectivity index (χ1n) is 12.8. The van der Waals surface area contributed by atoms with Gasteiger partial charge in [-0.25, -0.2) is 4.79 Å². The van der Waals surface area contributed by atoms with Crippen LogP contribution in [0.3, 0.4) is 0 Å². The smallest absolute Gasteiger partial charge is 0.408 e. The summed E-state index contributed by atoms with van der Waals surface area (Å²) in [5, 5.41) is 5.83. The Kier molecular flexibility index (Phi) is 10.3. The van der Waals surface area contributed by atoms with Crippen LogP contribution < -0.4 is 10.6 Å². The van der Waals surface area contributed by atoms with Gasteiger partial charge in [-0.3, -0.25) is 9.59 Å². The average Bonchev–Trinajstić information content (AvgIpc) is 3.64. The van der Waals surface area contributed by atoms with Gasteiger partial charge in [-0.2, -0.15) is 0 Å². The van der Waals surface area contributed by atoms with Gasteiger partial charge >= 0.3 is 6.09 Å². The number of ether oxygens (including phenoxy) is 1. The number of nitrogens with zero attached hydrogens (tertiary/aromatic N) is 1. The zero-order valence-corrected chi connectivity index (χ0v) is 22.2. The molecule has 0 heterocycles. The second-order valence-electron chi connectivity index (χ2n) is 10.4. The molecule has 3 amide bonds. The van der Waals surface area contributed by atoms with E-state index in [9.17, 15) is 14.4 Å². The van der Waals surface area contributed by atoms with Crippen molar-refractivity contribution in [1.82, 2.24) is 15.5 Å². The highest BCUT2D eigenvalue weighted by Crippen LogP contribution is 2.36. The number of nitrogens with one attached hydrogen (secondary N) is 2. The summed E-state index contributed by atoms with van der Waals surface area (Å²) in [5.41, 5.74) is 0.926. The molecule has 7 nitrogen and oxygen atoms in total. The summed E-state index contributed by atoms with van der Waals surface area (Å²) < 4.78 is 5.45. The van der Waals surface area contributed by atoms with E-state index in [0.29, 0.717) is 13.0 Å². The van der Waals surface area contributed by atoms with Crippen LogP contribution in [0.5, 0.6) is 0 Å². The quantitative estimate of drug-likeness (QED) is 0.398. The first kappa shape index (κ1) is 28.4. The van der Waals surface area contributed by atoms with E-state index >= 15 is 0 Å². The van der Waals surface area contributed by atoms with Gasteiger partial charge in [0.1, 0.15) is 17.7 Å². The van der Waals surface area contributed by atoms with Crippen molar-refractivity contribution < 1.29 is 19.1 Å². The fourth-order valence-corrected chi connectivity index (χ4v) is 3.93. The number of benzene rings is 1. The Morgan fingerprint density at radius 1 is 1.23 bits per heavy atom. The number of hydrogen-bond acceptors (Lipinski definition) is 4. The van der Waals surface area contributed by atoms with E-state index in [-0.39, 0.29) is 23.8 Å². The van der Waals surface area contributed by atoms with Crippen LogP contribution in [-0.2, 0) is 14.3 Å². The molecule has 2 rings (SSSR count). The van der Waals surface area contributed by atoms with Crippen LogP contribution in [0.2, 0.25) is 0 Å². The Morgan fingerprint density at radius 2 is 1.91 bits per heavy atom. The van der Waals surface area contributed by atoms with E-state index in [1.165, 1.54) is 0 Å². The van der Waals surface area contributed by atoms with E-state index in [4.69, 9.17) is 4.74 Å². The highest BCUT2D eigenvalue weighted by atomic mass is 16.6. The number of carbonyl (C=O) groups excluding carboxylic acids is 3. The van der Waals surface area contributed by atoms with Crippen molar-refractivity contribution in [1.29, 1.82) is 0 Å². The van der Waals surface area contributed by atoms with Crippen LogP contribution in [0, 0.1) is 5.92 Å². The maximum Gasteiger partial charge on any atom is 0.408 e. The van der Waals surface area contributed by atoms with E-state index in [1.807, 2.05) is 38.1 Å². The van der Waals surface area contributed by atoms with Crippen LogP contribution in [0.25, 0.3) is 6.08 Å². The number of carbonyl (C=O) groups is 3. The molecule has 0 aliphatic heterocycles. The topological polar surface area (TPSA) is 87.7 Å². The van der Waals surface area contributed by atoms with Crippen molar-refractivity contribution in [2.24, 2.45) is 5.92 Å². The summed E-state index contributed by atoms with van der Waals surface area (Å²) in [5.74, 6) is -0.605. The van der Waals surface area contributed by atoms with Gasteiger partial charge in [-0.05, 0) is 63.1 Å². The van der Waals surface area contributed by atoms with E-state index < -0.39 is 23.8 Å². The molecule has 1 aromatic rings. The van der Waals surface area contributed by atoms with Crippen LogP contribution in [-0.4, -0.2) is 47.0 Å². The van der Waals surface area contributed by atoms with Crippen molar-refractivity contribution in [3.8, 4) is 0 Å². The second kappa shape index (κ2) is 12.8. The molecule has 0 radical (unpaired) electrons. The molecule has 35 heavy (non-hydrogen) atoms. The normalized spacial score (nSPS) is 15.9. The maximum absolute atomic E-state index is 14.1. The van der Waals surface area contributed by atoms with Gasteiger partial charge in [0.05, 0.1) is 0 Å². The number of hydrogen-bond donors (Lipinski definition) is 2. The van der Waals surface area contributed by atoms with Crippen LogP contribution in [0.4, 0.5) is 4.79 Å². The first-order chi connectivity index (χ1) is 16.5. The van der Waals surface area contributed by atoms with Crippen LogP contribution in [0.1, 0.15) is 90.8 Å². The lowest BCUT2D eigenvalue weighted by molar-refractivity contribution is -0.144. The lowest BCUT2D eigenvalue weighted by atomic mass is 9.95. The van der Waals surface area contributed by atoms with E-state index in [1.54, 1.807) is 31.7 Å². The minimum Gasteiger partial charge on any atom is -0.444 e. The Labute approximate surface area is 210 Å². The zero-order chi connectivity index (χ0) is 26.2. The summed E-state index contributed by atoms with van der Waals surface area (Å²) in [6, 6.07) is 5.92. The number of amides is 3. The molecule has 194 valence electrons. The molecule has 1 aliphatic carbocycles. The van der Waals surface area contributed by atoms with E-state index in [2.05, 4.69) is 24.1 Å². The molecule has 0 saturated heterocycles. The Bertz CT molecular complexity index is 888. The Balaban J connectivity index is 2.45. The molecule has 0 bridgehead atoms. The van der Waals surface area contributed by atoms with Gasteiger partial charge in [0.15, 0.2) is 0 Å². The van der Waals surface area contributed by atoms with Crippen molar-refractivity contribution >= 4 is 24.0 Å². The third-order valence-electron chi connectivity index (χ3n) is 6.16. The summed E-state index contributed by atoms with van der Waals surface area (Å²) in [4.78, 5) is 41.9. The second-order valence-corrected chi connectivity index (χ2v) is 10.4. The molecule has 7 heteroatoms. The first-order valence-corrected chi connectivity index (χ1v) is 12.8. The predicted octanol–water partition coefficient (Wildman–Crippen LogP) is 5.22. The Morgan fingerprint density at radius 3 is 2.46 bits per heavy atom. The molecule has 0 spiro atoms. The van der Waals surface area contributed by atoms with Crippen LogP contribution >= 0.6 is 0 Å². The Hall–Kier alpha value is -2.83. The average molecular weight is 486 g/mol. The molecule has 2 N–H and O–H groups in total. The van der Waals surface area contributed by atoms with E-state index in [0.717, 1.165) is 36.8 Å². The molecule has 1 saturated carbocycles. The monoisotopic (exact) mass is 485 g/mol. The number of alkyl carbamates (subject to hydrolysis) is 1. The van der Waals surface area contributed by atoms with Crippen molar-refractivity contribution in [3.63, 3.8) is 0 Å². The molecule has 1 aliphatic rings. The minimum absolute atomic E-state index is 0.0520. The van der Waals surface area contributed by atoms with Crippen molar-refractivity contribution in [2.75, 3.05) is 6.54 Å². The SMILES string of the molecule is C=Cc1cccc(C(C(=O)NCCCC)N(C(=O)C(NC(=O)OC(C)(C)C)C(C)CC)C2CC2)c1. The molecular weight excluding hydrogens is 442 g/mol. The van der Waals surface area contributed by atoms with Crippen molar-refractivity contribution in [3.05, 3.63) is 42.0 Å². The predicted molar refractivity (Wildman–Crippen MR) is 140 cm³/mol. The third-order valence-corrected chi connectivity index (χ3v) is 6.16.